The van der Waals surface area contributed by atoms with E-state index in [-0.39, 0.29) is 25.2 Å². The van der Waals surface area contributed by atoms with E-state index in [0.29, 0.717) is 16.8 Å². The molecule has 0 atom stereocenters. The molecule has 1 fully saturated rings. The van der Waals surface area contributed by atoms with Gasteiger partial charge in [0.1, 0.15) is 11.4 Å². The predicted molar refractivity (Wildman–Crippen MR) is 107 cm³/mol. The molecule has 1 aliphatic rings. The smallest absolute Gasteiger partial charge is 0.407 e. The normalized spacial score (nSPS) is 20.1. The van der Waals surface area contributed by atoms with Crippen LogP contribution in [0.2, 0.25) is 0 Å². The van der Waals surface area contributed by atoms with E-state index in [1.165, 1.54) is 6.07 Å². The van der Waals surface area contributed by atoms with Crippen molar-refractivity contribution in [3.8, 4) is 0 Å². The minimum absolute atomic E-state index is 0. The lowest BCUT2D eigenvalue weighted by Crippen LogP contribution is -2.52. The predicted octanol–water partition coefficient (Wildman–Crippen LogP) is 3.60. The van der Waals surface area contributed by atoms with Gasteiger partial charge in [-0.2, -0.15) is 0 Å². The van der Waals surface area contributed by atoms with Crippen LogP contribution >= 0.6 is 0 Å². The van der Waals surface area contributed by atoms with Crippen molar-refractivity contribution in [2.24, 2.45) is 5.84 Å². The number of benzene rings is 1. The minimum Gasteiger partial charge on any atom is -0.444 e. The third kappa shape index (κ3) is 6.13. The molecule has 1 aromatic rings. The van der Waals surface area contributed by atoms with Crippen LogP contribution in [0.1, 0.15) is 65.9 Å². The van der Waals surface area contributed by atoms with Crippen molar-refractivity contribution in [2.45, 2.75) is 71.1 Å². The molecule has 7 heteroatoms. The highest BCUT2D eigenvalue weighted by Gasteiger charge is 2.31. The number of amides is 1. The largest absolute Gasteiger partial charge is 0.444 e. The van der Waals surface area contributed by atoms with Gasteiger partial charge in [0.05, 0.1) is 5.70 Å². The molecule has 6 nitrogen and oxygen atoms in total. The number of carbonyl (C=O) groups is 1. The summed E-state index contributed by atoms with van der Waals surface area (Å²) < 4.78 is 19.4. The van der Waals surface area contributed by atoms with Gasteiger partial charge in [-0.1, -0.05) is 26.0 Å². The van der Waals surface area contributed by atoms with Gasteiger partial charge in [0.2, 0.25) is 0 Å². The van der Waals surface area contributed by atoms with Crippen LogP contribution in [0.15, 0.2) is 24.4 Å². The SMILES string of the molecule is CC(C)c1ccc(/C(=C/NC2CC(NC(=O)OC(C)(C)C)C2)NN)cc1F.[HH]. The molecule has 0 radical (unpaired) electrons. The quantitative estimate of drug-likeness (QED) is 0.447. The van der Waals surface area contributed by atoms with E-state index in [0.717, 1.165) is 12.8 Å². The maximum atomic E-state index is 14.2. The molecule has 1 saturated carbocycles. The molecule has 0 heterocycles. The number of ether oxygens (including phenoxy) is 1. The molecular weight excluding hydrogens is 347 g/mol. The fourth-order valence-corrected chi connectivity index (χ4v) is 2.92. The summed E-state index contributed by atoms with van der Waals surface area (Å²) in [5.41, 5.74) is 4.06. The first-order valence-corrected chi connectivity index (χ1v) is 9.31. The van der Waals surface area contributed by atoms with Crippen LogP contribution in [-0.2, 0) is 4.74 Å². The molecule has 0 unspecified atom stereocenters. The number of hydrogen-bond donors (Lipinski definition) is 4. The average molecular weight is 381 g/mol. The van der Waals surface area contributed by atoms with E-state index in [4.69, 9.17) is 10.6 Å². The number of carbonyl (C=O) groups excluding carboxylic acids is 1. The summed E-state index contributed by atoms with van der Waals surface area (Å²) in [6.07, 6.45) is 2.92. The number of nitrogens with two attached hydrogens (primary N) is 1. The summed E-state index contributed by atoms with van der Waals surface area (Å²) in [6.45, 7) is 9.41. The Labute approximate surface area is 162 Å². The highest BCUT2D eigenvalue weighted by atomic mass is 19.1. The standard InChI is InChI=1S/C20H31FN4O2.H2/c1-12(2)16-7-6-13(8-17(16)21)18(25-22)11-23-14-9-15(10-14)24-19(26)27-20(3,4)5;/h6-8,11-12,14-15,23,25H,9-10,22H2,1-5H3,(H,24,26);1H/b18-11-;. The van der Waals surface area contributed by atoms with Crippen molar-refractivity contribution in [1.82, 2.24) is 16.1 Å². The monoisotopic (exact) mass is 380 g/mol. The first-order chi connectivity index (χ1) is 12.6. The number of hydrogen-bond acceptors (Lipinski definition) is 5. The van der Waals surface area contributed by atoms with Gasteiger partial charge >= 0.3 is 6.09 Å². The lowest BCUT2D eigenvalue weighted by molar-refractivity contribution is 0.0468. The molecule has 1 aliphatic carbocycles. The Balaban J connectivity index is 0.00000392. The summed E-state index contributed by atoms with van der Waals surface area (Å²) >= 11 is 0. The van der Waals surface area contributed by atoms with Gasteiger partial charge in [0, 0.05) is 25.3 Å². The Morgan fingerprint density at radius 2 is 2.00 bits per heavy atom. The highest BCUT2D eigenvalue weighted by molar-refractivity contribution is 5.68. The molecule has 0 saturated heterocycles. The van der Waals surface area contributed by atoms with Crippen molar-refractivity contribution in [3.05, 3.63) is 41.3 Å². The molecule has 0 aromatic heterocycles. The van der Waals surface area contributed by atoms with Crippen molar-refractivity contribution in [3.63, 3.8) is 0 Å². The summed E-state index contributed by atoms with van der Waals surface area (Å²) in [4.78, 5) is 11.7. The Hall–Kier alpha value is -2.28. The van der Waals surface area contributed by atoms with Gasteiger partial charge in [-0.05, 0) is 51.2 Å². The summed E-state index contributed by atoms with van der Waals surface area (Å²) in [5, 5.41) is 6.11. The van der Waals surface area contributed by atoms with Crippen LogP contribution in [0.4, 0.5) is 9.18 Å². The molecule has 5 N–H and O–H groups in total. The van der Waals surface area contributed by atoms with E-state index in [2.05, 4.69) is 16.1 Å². The third-order valence-corrected chi connectivity index (χ3v) is 4.41. The number of hydrazine groups is 1. The number of halogens is 1. The highest BCUT2D eigenvalue weighted by Crippen LogP contribution is 2.23. The number of alkyl carbamates (subject to hydrolysis) is 1. The van der Waals surface area contributed by atoms with Gasteiger partial charge in [-0.25, -0.2) is 9.18 Å². The van der Waals surface area contributed by atoms with E-state index in [1.807, 2.05) is 40.7 Å². The van der Waals surface area contributed by atoms with Crippen LogP contribution < -0.4 is 21.9 Å². The number of nitrogens with one attached hydrogen (secondary N) is 3. The fourth-order valence-electron chi connectivity index (χ4n) is 2.92. The van der Waals surface area contributed by atoms with E-state index in [9.17, 15) is 9.18 Å². The molecule has 2 rings (SSSR count). The summed E-state index contributed by atoms with van der Waals surface area (Å²) in [6, 6.07) is 5.41. The second-order valence-corrected chi connectivity index (χ2v) is 8.27. The Morgan fingerprint density at radius 3 is 2.52 bits per heavy atom. The summed E-state index contributed by atoms with van der Waals surface area (Å²) in [5.74, 6) is 5.48. The van der Waals surface area contributed by atoms with Crippen LogP contribution in [0, 0.1) is 5.82 Å². The van der Waals surface area contributed by atoms with E-state index >= 15 is 0 Å². The van der Waals surface area contributed by atoms with Crippen molar-refractivity contribution >= 4 is 11.8 Å². The topological polar surface area (TPSA) is 88.4 Å². The zero-order chi connectivity index (χ0) is 20.2. The molecule has 0 bridgehead atoms. The van der Waals surface area contributed by atoms with Crippen molar-refractivity contribution in [2.75, 3.05) is 0 Å². The van der Waals surface area contributed by atoms with E-state index in [1.54, 1.807) is 12.3 Å². The van der Waals surface area contributed by atoms with Gasteiger partial charge in [-0.15, -0.1) is 0 Å². The zero-order valence-corrected chi connectivity index (χ0v) is 16.7. The lowest BCUT2D eigenvalue weighted by atomic mass is 9.87. The van der Waals surface area contributed by atoms with Gasteiger partial charge in [0.15, 0.2) is 0 Å². The zero-order valence-electron chi connectivity index (χ0n) is 16.7. The second kappa shape index (κ2) is 8.61. The number of rotatable bonds is 6. The Bertz CT molecular complexity index is 698. The lowest BCUT2D eigenvalue weighted by Gasteiger charge is -2.36. The van der Waals surface area contributed by atoms with Crippen LogP contribution in [0.3, 0.4) is 0 Å². The van der Waals surface area contributed by atoms with Crippen LogP contribution in [-0.4, -0.2) is 23.8 Å². The molecule has 27 heavy (non-hydrogen) atoms. The van der Waals surface area contributed by atoms with Crippen molar-refractivity contribution in [1.29, 1.82) is 0 Å². The first kappa shape index (κ1) is 21.0. The van der Waals surface area contributed by atoms with Gasteiger partial charge in [-0.3, -0.25) is 5.84 Å². The van der Waals surface area contributed by atoms with Crippen LogP contribution in [0.5, 0.6) is 0 Å². The van der Waals surface area contributed by atoms with Crippen molar-refractivity contribution < 1.29 is 15.3 Å². The average Bonchev–Trinajstić information content (AvgIpc) is 2.50. The maximum Gasteiger partial charge on any atom is 0.407 e. The van der Waals surface area contributed by atoms with Gasteiger partial charge < -0.3 is 20.8 Å². The maximum absolute atomic E-state index is 14.2. The molecule has 1 amide bonds. The molecule has 0 spiro atoms. The molecular formula is C20H33FN4O2. The molecule has 1 aromatic carbocycles. The van der Waals surface area contributed by atoms with Gasteiger partial charge in [0.25, 0.3) is 0 Å². The molecule has 0 aliphatic heterocycles. The Morgan fingerprint density at radius 1 is 1.33 bits per heavy atom. The third-order valence-electron chi connectivity index (χ3n) is 4.41. The Kier molecular flexibility index (Phi) is 6.70. The summed E-state index contributed by atoms with van der Waals surface area (Å²) in [7, 11) is 0. The molecule has 152 valence electrons. The van der Waals surface area contributed by atoms with E-state index < -0.39 is 11.7 Å². The fraction of sp³-hybridized carbons (Fsp3) is 0.550. The second-order valence-electron chi connectivity index (χ2n) is 8.27. The minimum atomic E-state index is -0.504. The first-order valence-electron chi connectivity index (χ1n) is 9.31. The van der Waals surface area contributed by atoms with Crippen LogP contribution in [0.25, 0.3) is 5.70 Å².